The molecule has 7 nitrogen and oxygen atoms in total. The van der Waals surface area contributed by atoms with Crippen LogP contribution in [0.3, 0.4) is 0 Å². The van der Waals surface area contributed by atoms with Gasteiger partial charge in [-0.15, -0.1) is 0 Å². The lowest BCUT2D eigenvalue weighted by Gasteiger charge is -2.37. The molecular weight excluding hydrogens is 438 g/mol. The molecule has 1 amide bonds. The van der Waals surface area contributed by atoms with Gasteiger partial charge in [0.15, 0.2) is 0 Å². The predicted octanol–water partition coefficient (Wildman–Crippen LogP) is 3.08. The van der Waals surface area contributed by atoms with E-state index in [2.05, 4.69) is 10.3 Å². The molecule has 178 valence electrons. The van der Waals surface area contributed by atoms with Crippen LogP contribution in [0.2, 0.25) is 0 Å². The number of hydrogen-bond donors (Lipinski definition) is 1. The maximum absolute atomic E-state index is 13.7. The average Bonchev–Trinajstić information content (AvgIpc) is 3.03. The number of amides is 1. The summed E-state index contributed by atoms with van der Waals surface area (Å²) in [5, 5.41) is 2.82. The minimum Gasteiger partial charge on any atom is -0.353 e. The summed E-state index contributed by atoms with van der Waals surface area (Å²) in [5.74, 6) is -2.62. The van der Waals surface area contributed by atoms with Crippen LogP contribution in [0.25, 0.3) is 0 Å². The Labute approximate surface area is 188 Å². The van der Waals surface area contributed by atoms with Crippen molar-refractivity contribution in [1.29, 1.82) is 0 Å². The number of alkyl halides is 2. The van der Waals surface area contributed by atoms with Gasteiger partial charge in [0.05, 0.1) is 0 Å². The van der Waals surface area contributed by atoms with E-state index >= 15 is 0 Å². The molecule has 0 bridgehead atoms. The molecule has 32 heavy (non-hydrogen) atoms. The van der Waals surface area contributed by atoms with E-state index in [1.165, 1.54) is 4.31 Å². The number of aryl methyl sites for hydroxylation is 1. The molecule has 10 heteroatoms. The van der Waals surface area contributed by atoms with Crippen molar-refractivity contribution in [2.45, 2.75) is 88.7 Å². The second-order valence-electron chi connectivity index (χ2n) is 9.70. The number of nitrogens with zero attached hydrogens (tertiary/aromatic N) is 3. The van der Waals surface area contributed by atoms with Gasteiger partial charge in [0.1, 0.15) is 16.8 Å². The second kappa shape index (κ2) is 7.90. The van der Waals surface area contributed by atoms with Crippen molar-refractivity contribution in [3.05, 3.63) is 17.8 Å². The largest absolute Gasteiger partial charge is 0.353 e. The number of aromatic nitrogens is 1. The Kier molecular flexibility index (Phi) is 5.76. The number of nitrogens with one attached hydrogen (secondary N) is 1. The van der Waals surface area contributed by atoms with E-state index in [-0.39, 0.29) is 42.8 Å². The molecule has 3 fully saturated rings. The van der Waals surface area contributed by atoms with Crippen LogP contribution in [-0.4, -0.2) is 60.8 Å². The monoisotopic (exact) mass is 470 g/mol. The molecule has 2 heterocycles. The number of sulfonamides is 1. The van der Waals surface area contributed by atoms with Gasteiger partial charge >= 0.3 is 0 Å². The molecule has 2 aliphatic carbocycles. The van der Waals surface area contributed by atoms with Crippen molar-refractivity contribution >= 4 is 21.7 Å². The van der Waals surface area contributed by atoms with Crippen molar-refractivity contribution in [2.24, 2.45) is 5.41 Å². The van der Waals surface area contributed by atoms with E-state index in [1.54, 1.807) is 12.1 Å². The standard InChI is InChI=1S/C22H32F2N4O3S/c1-5-27(14(2)3)19-18(9-8-15(4)25-19)32(30,31)28-10-6-7-17(28)20(29)26-16-11-21(12-16)13-22(21,23)24/h8-9,14,16-17H,5-7,10-13H2,1-4H3,(H,26,29)/t16?,17-,21?/m0/s1. The predicted molar refractivity (Wildman–Crippen MR) is 117 cm³/mol. The van der Waals surface area contributed by atoms with Gasteiger partial charge in [0.25, 0.3) is 5.92 Å². The third kappa shape index (κ3) is 3.79. The van der Waals surface area contributed by atoms with Crippen LogP contribution in [0.4, 0.5) is 14.6 Å². The number of hydrogen-bond acceptors (Lipinski definition) is 5. The first-order chi connectivity index (χ1) is 14.9. The van der Waals surface area contributed by atoms with Gasteiger partial charge in [0, 0.05) is 42.7 Å². The van der Waals surface area contributed by atoms with Crippen LogP contribution < -0.4 is 10.2 Å². The van der Waals surface area contributed by atoms with Crippen molar-refractivity contribution in [3.8, 4) is 0 Å². The lowest BCUT2D eigenvalue weighted by Crippen LogP contribution is -2.53. The maximum Gasteiger partial charge on any atom is 0.254 e. The zero-order chi connectivity index (χ0) is 23.5. The highest BCUT2D eigenvalue weighted by Crippen LogP contribution is 2.70. The number of carbonyl (C=O) groups excluding carboxylic acids is 1. The summed E-state index contributed by atoms with van der Waals surface area (Å²) >= 11 is 0. The van der Waals surface area contributed by atoms with Gasteiger partial charge in [-0.1, -0.05) is 0 Å². The summed E-state index contributed by atoms with van der Waals surface area (Å²) < 4.78 is 55.5. The normalized spacial score (nSPS) is 29.2. The van der Waals surface area contributed by atoms with Crippen molar-refractivity contribution < 1.29 is 22.0 Å². The van der Waals surface area contributed by atoms with Gasteiger partial charge in [0.2, 0.25) is 15.9 Å². The van der Waals surface area contributed by atoms with Crippen LogP contribution in [-0.2, 0) is 14.8 Å². The Morgan fingerprint density at radius 2 is 2.00 bits per heavy atom. The third-order valence-electron chi connectivity index (χ3n) is 7.14. The summed E-state index contributed by atoms with van der Waals surface area (Å²) in [7, 11) is -3.97. The Morgan fingerprint density at radius 1 is 1.34 bits per heavy atom. The molecule has 1 atom stereocenters. The Bertz CT molecular complexity index is 1010. The molecule has 1 spiro atoms. The van der Waals surface area contributed by atoms with Crippen LogP contribution in [0, 0.1) is 12.3 Å². The lowest BCUT2D eigenvalue weighted by atomic mass is 9.76. The summed E-state index contributed by atoms with van der Waals surface area (Å²) in [6.45, 7) is 8.55. The number of rotatable bonds is 7. The second-order valence-corrected chi connectivity index (χ2v) is 11.6. The van der Waals surface area contributed by atoms with Crippen molar-refractivity contribution in [3.63, 3.8) is 0 Å². The van der Waals surface area contributed by atoms with E-state index < -0.39 is 33.3 Å². The molecule has 0 aromatic carbocycles. The minimum absolute atomic E-state index is 0.0485. The lowest BCUT2D eigenvalue weighted by molar-refractivity contribution is -0.126. The SMILES string of the molecule is CCN(c1nc(C)ccc1S(=O)(=O)N1CCC[C@H]1C(=O)NC1CC2(C1)CC2(F)F)C(C)C. The van der Waals surface area contributed by atoms with Gasteiger partial charge in [-0.2, -0.15) is 4.31 Å². The quantitative estimate of drug-likeness (QED) is 0.662. The first-order valence-corrected chi connectivity index (χ1v) is 12.8. The molecule has 1 aromatic heterocycles. The Hall–Kier alpha value is -1.81. The fraction of sp³-hybridized carbons (Fsp3) is 0.727. The molecule has 1 N–H and O–H groups in total. The number of carbonyl (C=O) groups is 1. The summed E-state index contributed by atoms with van der Waals surface area (Å²) in [6, 6.07) is 2.14. The molecule has 4 rings (SSSR count). The Balaban J connectivity index is 1.54. The average molecular weight is 471 g/mol. The van der Waals surface area contributed by atoms with Gasteiger partial charge < -0.3 is 10.2 Å². The molecule has 2 saturated carbocycles. The molecule has 1 aliphatic heterocycles. The molecule has 0 radical (unpaired) electrons. The fourth-order valence-corrected chi connectivity index (χ4v) is 7.01. The van der Waals surface area contributed by atoms with E-state index in [9.17, 15) is 22.0 Å². The van der Waals surface area contributed by atoms with Crippen LogP contribution in [0.15, 0.2) is 17.0 Å². The topological polar surface area (TPSA) is 82.6 Å². The van der Waals surface area contributed by atoms with E-state index in [4.69, 9.17) is 0 Å². The maximum atomic E-state index is 13.7. The Morgan fingerprint density at radius 3 is 2.56 bits per heavy atom. The molecule has 3 aliphatic rings. The first kappa shape index (κ1) is 23.4. The van der Waals surface area contributed by atoms with Crippen molar-refractivity contribution in [2.75, 3.05) is 18.0 Å². The number of pyridine rings is 1. The summed E-state index contributed by atoms with van der Waals surface area (Å²) in [5.41, 5.74) is -0.223. The number of halogens is 2. The summed E-state index contributed by atoms with van der Waals surface area (Å²) in [4.78, 5) is 19.5. The fourth-order valence-electron chi connectivity index (χ4n) is 5.22. The van der Waals surface area contributed by atoms with Crippen LogP contribution in [0.1, 0.15) is 58.6 Å². The zero-order valence-corrected chi connectivity index (χ0v) is 19.9. The van der Waals surface area contributed by atoms with Gasteiger partial charge in [-0.3, -0.25) is 4.79 Å². The van der Waals surface area contributed by atoms with E-state index in [0.29, 0.717) is 30.9 Å². The van der Waals surface area contributed by atoms with Crippen molar-refractivity contribution in [1.82, 2.24) is 14.6 Å². The summed E-state index contributed by atoms with van der Waals surface area (Å²) in [6.07, 6.45) is 1.40. The molecule has 0 unspecified atom stereocenters. The number of anilines is 1. The van der Waals surface area contributed by atoms with Crippen LogP contribution >= 0.6 is 0 Å². The third-order valence-corrected chi connectivity index (χ3v) is 9.07. The van der Waals surface area contributed by atoms with Crippen LogP contribution in [0.5, 0.6) is 0 Å². The molecular formula is C22H32F2N4O3S. The molecule has 1 saturated heterocycles. The van der Waals surface area contributed by atoms with Gasteiger partial charge in [-0.05, 0) is 65.5 Å². The first-order valence-electron chi connectivity index (χ1n) is 11.4. The highest BCUT2D eigenvalue weighted by molar-refractivity contribution is 7.89. The highest BCUT2D eigenvalue weighted by Gasteiger charge is 2.75. The minimum atomic E-state index is -3.97. The van der Waals surface area contributed by atoms with E-state index in [1.807, 2.05) is 32.6 Å². The smallest absolute Gasteiger partial charge is 0.254 e. The zero-order valence-electron chi connectivity index (χ0n) is 19.1. The highest BCUT2D eigenvalue weighted by atomic mass is 32.2. The van der Waals surface area contributed by atoms with Gasteiger partial charge in [-0.25, -0.2) is 22.2 Å². The molecule has 1 aromatic rings. The van der Waals surface area contributed by atoms with E-state index in [0.717, 1.165) is 0 Å².